The number of fused-ring (bicyclic) bond motifs is 8. The zero-order valence-electron chi connectivity index (χ0n) is 23.2. The maximum absolute atomic E-state index is 8.69. The molecule has 7 aromatic rings. The fourth-order valence-electron chi connectivity index (χ4n) is 5.05. The van der Waals surface area contributed by atoms with E-state index in [4.69, 9.17) is 11.8 Å². The van der Waals surface area contributed by atoms with Crippen LogP contribution in [0.25, 0.3) is 65.5 Å². The molecule has 0 aliphatic carbocycles. The number of benzene rings is 6. The predicted octanol–water partition coefficient (Wildman–Crippen LogP) is 9.03. The number of rotatable bonds is 2. The van der Waals surface area contributed by atoms with Crippen molar-refractivity contribution in [2.45, 2.75) is 0 Å². The topological polar surface area (TPSA) is 12.9 Å². The van der Waals surface area contributed by atoms with Gasteiger partial charge in [-0.1, -0.05) is 109 Å². The quantitative estimate of drug-likeness (QED) is 0.246. The van der Waals surface area contributed by atoms with Crippen molar-refractivity contribution in [2.75, 3.05) is 0 Å². The van der Waals surface area contributed by atoms with Crippen molar-refractivity contribution in [3.63, 3.8) is 0 Å². The highest BCUT2D eigenvalue weighted by atomic mass is 14.7. The van der Waals surface area contributed by atoms with Crippen LogP contribution in [0.4, 0.5) is 0 Å². The zero-order valence-corrected chi connectivity index (χ0v) is 18.2. The van der Waals surface area contributed by atoms with Crippen LogP contribution in [0, 0.1) is 0 Å². The molecule has 0 aliphatic rings. The number of pyridine rings is 1. The molecule has 34 heavy (non-hydrogen) atoms. The molecule has 0 spiro atoms. The second-order valence-electron chi connectivity index (χ2n) is 8.42. The molecule has 0 atom stereocenters. The van der Waals surface area contributed by atoms with Gasteiger partial charge in [0.2, 0.25) is 0 Å². The summed E-state index contributed by atoms with van der Waals surface area (Å²) in [4.78, 5) is 4.95. The van der Waals surface area contributed by atoms with Gasteiger partial charge in [0.05, 0.1) is 12.4 Å². The summed E-state index contributed by atoms with van der Waals surface area (Å²) in [5, 5.41) is 6.76. The van der Waals surface area contributed by atoms with Crippen molar-refractivity contribution < 1.29 is 6.85 Å². The highest BCUT2D eigenvalue weighted by molar-refractivity contribution is 6.32. The first-order valence-electron chi connectivity index (χ1n) is 13.7. The molecule has 0 unspecified atom stereocenters. The average Bonchev–Trinajstić information content (AvgIpc) is 2.99. The third kappa shape index (κ3) is 2.84. The molecular formula is C33H21N. The van der Waals surface area contributed by atoms with Gasteiger partial charge in [0.25, 0.3) is 0 Å². The first-order chi connectivity index (χ1) is 19.0. The first-order valence-corrected chi connectivity index (χ1v) is 11.2. The molecule has 1 nitrogen and oxygen atoms in total. The smallest absolute Gasteiger partial charge is 0.0787 e. The molecule has 0 saturated carbocycles. The molecule has 0 fully saturated rings. The van der Waals surface area contributed by atoms with Gasteiger partial charge in [-0.25, -0.2) is 0 Å². The van der Waals surface area contributed by atoms with Gasteiger partial charge in [0.1, 0.15) is 0 Å². The molecule has 6 aromatic carbocycles. The van der Waals surface area contributed by atoms with Crippen LogP contribution in [-0.4, -0.2) is 4.98 Å². The Balaban J connectivity index is 1.71. The highest BCUT2D eigenvalue weighted by Gasteiger charge is 2.16. The number of aromatic nitrogens is 1. The number of hydrogen-bond donors (Lipinski definition) is 0. The molecule has 7 rings (SSSR count). The third-order valence-electron chi connectivity index (χ3n) is 6.55. The first kappa shape index (κ1) is 14.6. The summed E-state index contributed by atoms with van der Waals surface area (Å²) in [6.45, 7) is 0. The minimum absolute atomic E-state index is 0.205. The van der Waals surface area contributed by atoms with E-state index in [9.17, 15) is 0 Å². The summed E-state index contributed by atoms with van der Waals surface area (Å²) in [7, 11) is 0. The van der Waals surface area contributed by atoms with Crippen LogP contribution >= 0.6 is 0 Å². The minimum Gasteiger partial charge on any atom is -0.255 e. The minimum atomic E-state index is -0.394. The van der Waals surface area contributed by atoms with Gasteiger partial charge >= 0.3 is 0 Å². The van der Waals surface area contributed by atoms with Crippen LogP contribution in [0.15, 0.2) is 127 Å². The van der Waals surface area contributed by atoms with E-state index < -0.39 is 6.04 Å². The standard InChI is InChI=1S/C33H21N/c1-3-11-22(12-4-1)24-19-31-32-27-17-9-7-15-25(27)29(23-13-5-2-6-14-23)20-30(32)26-16-8-10-18-28(26)33(31)34-21-24/h1-21H/i2D,5D,6D,13D,14D. The Hall–Kier alpha value is -4.49. The molecule has 1 aromatic heterocycles. The Labute approximate surface area is 205 Å². The summed E-state index contributed by atoms with van der Waals surface area (Å²) in [5.41, 5.74) is 3.82. The van der Waals surface area contributed by atoms with E-state index in [0.717, 1.165) is 54.3 Å². The zero-order chi connectivity index (χ0) is 26.8. The fourth-order valence-corrected chi connectivity index (χ4v) is 5.05. The third-order valence-corrected chi connectivity index (χ3v) is 6.55. The van der Waals surface area contributed by atoms with Gasteiger partial charge in [-0.05, 0) is 55.8 Å². The molecule has 0 saturated heterocycles. The Morgan fingerprint density at radius 1 is 0.500 bits per heavy atom. The second-order valence-corrected chi connectivity index (χ2v) is 8.42. The lowest BCUT2D eigenvalue weighted by molar-refractivity contribution is 1.42. The molecule has 0 radical (unpaired) electrons. The summed E-state index contributed by atoms with van der Waals surface area (Å²) < 4.78 is 42.0. The molecule has 1 heteroatoms. The highest BCUT2D eigenvalue weighted by Crippen LogP contribution is 2.42. The van der Waals surface area contributed by atoms with Crippen molar-refractivity contribution >= 4 is 43.2 Å². The van der Waals surface area contributed by atoms with Gasteiger partial charge < -0.3 is 0 Å². The van der Waals surface area contributed by atoms with E-state index in [1.165, 1.54) is 0 Å². The van der Waals surface area contributed by atoms with Crippen molar-refractivity contribution in [3.8, 4) is 22.3 Å². The van der Waals surface area contributed by atoms with Gasteiger partial charge in [-0.15, -0.1) is 0 Å². The van der Waals surface area contributed by atoms with Crippen LogP contribution in [0.5, 0.6) is 0 Å². The Bertz CT molecular complexity index is 2090. The van der Waals surface area contributed by atoms with E-state index in [1.54, 1.807) is 0 Å². The van der Waals surface area contributed by atoms with Gasteiger partial charge in [-0.3, -0.25) is 4.98 Å². The second kappa shape index (κ2) is 7.54. The lowest BCUT2D eigenvalue weighted by Gasteiger charge is -2.16. The molecule has 1 heterocycles. The van der Waals surface area contributed by atoms with Gasteiger partial charge in [0.15, 0.2) is 0 Å². The lowest BCUT2D eigenvalue weighted by atomic mass is 9.88. The summed E-state index contributed by atoms with van der Waals surface area (Å²) in [6.07, 6.45) is 1.92. The normalized spacial score (nSPS) is 13.6. The Kier molecular flexibility index (Phi) is 3.24. The maximum atomic E-state index is 8.69. The van der Waals surface area contributed by atoms with Gasteiger partial charge in [0, 0.05) is 22.5 Å². The average molecular weight is 437 g/mol. The number of hydrogen-bond acceptors (Lipinski definition) is 1. The molecule has 158 valence electrons. The maximum Gasteiger partial charge on any atom is 0.0787 e. The lowest BCUT2D eigenvalue weighted by Crippen LogP contribution is -1.91. The Morgan fingerprint density at radius 3 is 1.97 bits per heavy atom. The molecule has 0 amide bonds. The molecule has 0 aliphatic heterocycles. The van der Waals surface area contributed by atoms with Crippen molar-refractivity contribution in [1.29, 1.82) is 0 Å². The van der Waals surface area contributed by atoms with Gasteiger partial charge in [-0.2, -0.15) is 0 Å². The van der Waals surface area contributed by atoms with E-state index in [1.807, 2.05) is 66.9 Å². The van der Waals surface area contributed by atoms with E-state index >= 15 is 0 Å². The fraction of sp³-hybridized carbons (Fsp3) is 0. The van der Waals surface area contributed by atoms with E-state index in [0.29, 0.717) is 5.56 Å². The van der Waals surface area contributed by atoms with Crippen LogP contribution in [0.3, 0.4) is 0 Å². The summed E-state index contributed by atoms with van der Waals surface area (Å²) in [5.74, 6) is 0. The van der Waals surface area contributed by atoms with Crippen LogP contribution in [0.1, 0.15) is 6.85 Å². The van der Waals surface area contributed by atoms with Crippen molar-refractivity contribution in [2.24, 2.45) is 0 Å². The Morgan fingerprint density at radius 2 is 1.18 bits per heavy atom. The molecule has 0 N–H and O–H groups in total. The van der Waals surface area contributed by atoms with Crippen LogP contribution in [-0.2, 0) is 0 Å². The summed E-state index contributed by atoms with van der Waals surface area (Å²) >= 11 is 0. The van der Waals surface area contributed by atoms with Crippen LogP contribution in [0.2, 0.25) is 0 Å². The predicted molar refractivity (Wildman–Crippen MR) is 145 cm³/mol. The van der Waals surface area contributed by atoms with Crippen LogP contribution < -0.4 is 0 Å². The van der Waals surface area contributed by atoms with Crippen molar-refractivity contribution in [1.82, 2.24) is 4.98 Å². The SMILES string of the molecule is [2H]c1c([2H])c([2H])c(-c2cc3c4ccccc4c4ncc(-c5ccccc5)cc4c3c3ccccc23)c([2H])c1[2H]. The van der Waals surface area contributed by atoms with Crippen molar-refractivity contribution in [3.05, 3.63) is 127 Å². The molecule has 0 bridgehead atoms. The van der Waals surface area contributed by atoms with E-state index in [2.05, 4.69) is 30.3 Å². The largest absolute Gasteiger partial charge is 0.255 e. The molecular weight excluding hydrogens is 410 g/mol. The monoisotopic (exact) mass is 436 g/mol. The number of nitrogens with zero attached hydrogens (tertiary/aromatic N) is 1. The van der Waals surface area contributed by atoms with E-state index in [-0.39, 0.29) is 29.7 Å². The summed E-state index contributed by atoms with van der Waals surface area (Å²) in [6, 6.07) is 28.9.